The van der Waals surface area contributed by atoms with Crippen LogP contribution in [0.1, 0.15) is 21.5 Å². The summed E-state index contributed by atoms with van der Waals surface area (Å²) in [4.78, 5) is 10.7. The lowest BCUT2D eigenvalue weighted by Crippen LogP contribution is -1.94. The van der Waals surface area contributed by atoms with E-state index < -0.39 is 5.97 Å². The van der Waals surface area contributed by atoms with Crippen LogP contribution < -0.4 is 4.74 Å². The Hall–Kier alpha value is -2.75. The number of hydrogen-bond donors (Lipinski definition) is 2. The minimum absolute atomic E-state index is 0.143. The van der Waals surface area contributed by atoms with Gasteiger partial charge in [0.25, 0.3) is 0 Å². The second-order valence-corrected chi connectivity index (χ2v) is 4.19. The van der Waals surface area contributed by atoms with Crippen molar-refractivity contribution in [1.29, 1.82) is 0 Å². The molecule has 0 saturated carbocycles. The summed E-state index contributed by atoms with van der Waals surface area (Å²) >= 11 is 0. The molecule has 0 fully saturated rings. The zero-order chi connectivity index (χ0) is 14.5. The van der Waals surface area contributed by atoms with Gasteiger partial charge in [-0.15, -0.1) is 0 Å². The molecule has 0 aliphatic heterocycles. The van der Waals surface area contributed by atoms with Crippen LogP contribution in [0, 0.1) is 0 Å². The smallest absolute Gasteiger partial charge is 0.335 e. The Kier molecular flexibility index (Phi) is 4.05. The third-order valence-corrected chi connectivity index (χ3v) is 2.83. The van der Waals surface area contributed by atoms with Gasteiger partial charge in [-0.2, -0.15) is 0 Å². The lowest BCUT2D eigenvalue weighted by Gasteiger charge is -2.05. The Morgan fingerprint density at radius 1 is 1.10 bits per heavy atom. The summed E-state index contributed by atoms with van der Waals surface area (Å²) in [5, 5.41) is 18.2. The monoisotopic (exact) mass is 270 g/mol. The van der Waals surface area contributed by atoms with Crippen LogP contribution in [-0.4, -0.2) is 23.3 Å². The minimum atomic E-state index is -0.944. The highest BCUT2D eigenvalue weighted by molar-refractivity contribution is 5.88. The molecule has 0 aliphatic rings. The maximum absolute atomic E-state index is 10.7. The molecule has 0 amide bonds. The van der Waals surface area contributed by atoms with E-state index in [4.69, 9.17) is 9.84 Å². The number of rotatable bonds is 4. The molecule has 0 aliphatic carbocycles. The van der Waals surface area contributed by atoms with Crippen molar-refractivity contribution in [3.05, 3.63) is 59.2 Å². The Labute approximate surface area is 116 Å². The van der Waals surface area contributed by atoms with Gasteiger partial charge in [-0.3, -0.25) is 0 Å². The number of methoxy groups -OCH3 is 1. The average molecular weight is 270 g/mol. The summed E-state index contributed by atoms with van der Waals surface area (Å²) in [5.74, 6) is -0.228. The van der Waals surface area contributed by atoms with Crippen molar-refractivity contribution in [3.63, 3.8) is 0 Å². The molecule has 2 N–H and O–H groups in total. The normalized spacial score (nSPS) is 10.7. The highest BCUT2D eigenvalue weighted by Crippen LogP contribution is 2.25. The first-order chi connectivity index (χ1) is 9.60. The zero-order valence-electron chi connectivity index (χ0n) is 10.9. The van der Waals surface area contributed by atoms with Crippen molar-refractivity contribution in [2.24, 2.45) is 0 Å². The SMILES string of the molecule is COc1cc(O)ccc1/C=C/c1ccc(C(=O)O)cc1. The van der Waals surface area contributed by atoms with Gasteiger partial charge in [0, 0.05) is 11.6 Å². The summed E-state index contributed by atoms with van der Waals surface area (Å²) in [5.41, 5.74) is 1.96. The van der Waals surface area contributed by atoms with Crippen molar-refractivity contribution in [2.75, 3.05) is 7.11 Å². The molecule has 2 aromatic rings. The molecule has 0 heterocycles. The summed E-state index contributed by atoms with van der Waals surface area (Å²) < 4.78 is 5.18. The Balaban J connectivity index is 2.23. The van der Waals surface area contributed by atoms with Crippen LogP contribution in [0.4, 0.5) is 0 Å². The summed E-state index contributed by atoms with van der Waals surface area (Å²) in [6, 6.07) is 11.4. The van der Waals surface area contributed by atoms with Crippen LogP contribution in [0.25, 0.3) is 12.2 Å². The van der Waals surface area contributed by atoms with Gasteiger partial charge < -0.3 is 14.9 Å². The van der Waals surface area contributed by atoms with Gasteiger partial charge in [-0.1, -0.05) is 24.3 Å². The first-order valence-corrected chi connectivity index (χ1v) is 5.98. The van der Waals surface area contributed by atoms with Crippen molar-refractivity contribution < 1.29 is 19.7 Å². The predicted octanol–water partition coefficient (Wildman–Crippen LogP) is 3.27. The standard InChI is InChI=1S/C16H14O4/c1-20-15-10-14(17)9-8-12(15)5-2-11-3-6-13(7-4-11)16(18)19/h2-10,17H,1H3,(H,18,19)/b5-2+. The molecular weight excluding hydrogens is 256 g/mol. The van der Waals surface area contributed by atoms with Gasteiger partial charge in [0.15, 0.2) is 0 Å². The van der Waals surface area contributed by atoms with Gasteiger partial charge in [-0.05, 0) is 29.8 Å². The second-order valence-electron chi connectivity index (χ2n) is 4.19. The number of hydrogen-bond acceptors (Lipinski definition) is 3. The number of carboxylic acid groups (broad SMARTS) is 1. The number of carbonyl (C=O) groups is 1. The molecule has 0 spiro atoms. The maximum Gasteiger partial charge on any atom is 0.335 e. The molecular formula is C16H14O4. The first-order valence-electron chi connectivity index (χ1n) is 5.98. The average Bonchev–Trinajstić information content (AvgIpc) is 2.46. The van der Waals surface area contributed by atoms with Gasteiger partial charge in [0.05, 0.1) is 12.7 Å². The number of phenolic OH excluding ortho intramolecular Hbond substituents is 1. The number of ether oxygens (including phenoxy) is 1. The van der Waals surface area contributed by atoms with Crippen molar-refractivity contribution in [3.8, 4) is 11.5 Å². The van der Waals surface area contributed by atoms with Crippen LogP contribution in [0.3, 0.4) is 0 Å². The van der Waals surface area contributed by atoms with Crippen LogP contribution >= 0.6 is 0 Å². The van der Waals surface area contributed by atoms with E-state index in [1.807, 2.05) is 12.2 Å². The van der Waals surface area contributed by atoms with Crippen LogP contribution in [0.2, 0.25) is 0 Å². The fourth-order valence-electron chi connectivity index (χ4n) is 1.76. The topological polar surface area (TPSA) is 66.8 Å². The van der Waals surface area contributed by atoms with E-state index >= 15 is 0 Å². The van der Waals surface area contributed by atoms with Crippen molar-refractivity contribution >= 4 is 18.1 Å². The van der Waals surface area contributed by atoms with Gasteiger partial charge in [-0.25, -0.2) is 4.79 Å². The van der Waals surface area contributed by atoms with Gasteiger partial charge in [0.1, 0.15) is 11.5 Å². The van der Waals surface area contributed by atoms with Gasteiger partial charge in [0.2, 0.25) is 0 Å². The molecule has 0 aromatic heterocycles. The predicted molar refractivity (Wildman–Crippen MR) is 77.0 cm³/mol. The number of aromatic hydroxyl groups is 1. The van der Waals surface area contributed by atoms with E-state index in [0.717, 1.165) is 11.1 Å². The second kappa shape index (κ2) is 5.93. The summed E-state index contributed by atoms with van der Waals surface area (Å²) in [6.45, 7) is 0. The number of benzene rings is 2. The highest BCUT2D eigenvalue weighted by atomic mass is 16.5. The Morgan fingerprint density at radius 3 is 2.40 bits per heavy atom. The molecule has 102 valence electrons. The largest absolute Gasteiger partial charge is 0.508 e. The van der Waals surface area contributed by atoms with E-state index in [1.165, 1.54) is 13.2 Å². The lowest BCUT2D eigenvalue weighted by atomic mass is 10.1. The molecule has 20 heavy (non-hydrogen) atoms. The van der Waals surface area contributed by atoms with Crippen LogP contribution in [0.5, 0.6) is 11.5 Å². The van der Waals surface area contributed by atoms with E-state index in [9.17, 15) is 9.90 Å². The molecule has 0 unspecified atom stereocenters. The molecule has 0 bridgehead atoms. The lowest BCUT2D eigenvalue weighted by molar-refractivity contribution is 0.0697. The van der Waals surface area contributed by atoms with E-state index in [-0.39, 0.29) is 11.3 Å². The third-order valence-electron chi connectivity index (χ3n) is 2.83. The number of carboxylic acids is 1. The zero-order valence-corrected chi connectivity index (χ0v) is 10.9. The summed E-state index contributed by atoms with van der Waals surface area (Å²) in [6.07, 6.45) is 3.69. The highest BCUT2D eigenvalue weighted by Gasteiger charge is 2.02. The molecule has 2 aromatic carbocycles. The molecule has 4 heteroatoms. The van der Waals surface area contributed by atoms with Crippen LogP contribution in [0.15, 0.2) is 42.5 Å². The summed E-state index contributed by atoms with van der Waals surface area (Å²) in [7, 11) is 1.54. The molecule has 4 nitrogen and oxygen atoms in total. The minimum Gasteiger partial charge on any atom is -0.508 e. The maximum atomic E-state index is 10.7. The number of aromatic carboxylic acids is 1. The number of phenols is 1. The van der Waals surface area contributed by atoms with E-state index in [1.54, 1.807) is 36.4 Å². The van der Waals surface area contributed by atoms with Crippen molar-refractivity contribution in [1.82, 2.24) is 0 Å². The van der Waals surface area contributed by atoms with Gasteiger partial charge >= 0.3 is 5.97 Å². The van der Waals surface area contributed by atoms with Crippen molar-refractivity contribution in [2.45, 2.75) is 0 Å². The molecule has 2 rings (SSSR count). The molecule has 0 radical (unpaired) electrons. The third kappa shape index (κ3) is 3.17. The van der Waals surface area contributed by atoms with Crippen LogP contribution in [-0.2, 0) is 0 Å². The first kappa shape index (κ1) is 13.7. The fraction of sp³-hybridized carbons (Fsp3) is 0.0625. The molecule has 0 atom stereocenters. The fourth-order valence-corrected chi connectivity index (χ4v) is 1.76. The Bertz CT molecular complexity index is 642. The van der Waals surface area contributed by atoms with E-state index in [2.05, 4.69) is 0 Å². The Morgan fingerprint density at radius 2 is 1.80 bits per heavy atom. The molecule has 0 saturated heterocycles. The quantitative estimate of drug-likeness (QED) is 0.837. The van der Waals surface area contributed by atoms with E-state index in [0.29, 0.717) is 5.75 Å².